The summed E-state index contributed by atoms with van der Waals surface area (Å²) < 4.78 is 20.7. The zero-order chi connectivity index (χ0) is 36.5. The number of carbonyl (C=O) groups is 3. The van der Waals surface area contributed by atoms with E-state index in [1.165, 1.54) is 0 Å². The number of benzene rings is 2. The molecule has 16 nitrogen and oxygen atoms in total. The highest BCUT2D eigenvalue weighted by Gasteiger charge is 2.23. The van der Waals surface area contributed by atoms with Crippen LogP contribution in [-0.4, -0.2) is 78.0 Å². The molecule has 1 saturated heterocycles. The third-order valence-electron chi connectivity index (χ3n) is 9.06. The minimum atomic E-state index is -0.577. The number of para-hydroxylation sites is 1. The van der Waals surface area contributed by atoms with Gasteiger partial charge in [-0.3, -0.25) is 29.9 Å². The zero-order valence-corrected chi connectivity index (χ0v) is 29.5. The fourth-order valence-corrected chi connectivity index (χ4v) is 6.65. The van der Waals surface area contributed by atoms with E-state index in [9.17, 15) is 14.4 Å². The van der Waals surface area contributed by atoms with Crippen molar-refractivity contribution in [2.75, 3.05) is 36.9 Å². The molecule has 5 heterocycles. The van der Waals surface area contributed by atoms with Gasteiger partial charge in [-0.15, -0.1) is 0 Å². The molecule has 270 valence electrons. The van der Waals surface area contributed by atoms with Crippen LogP contribution in [0, 0.1) is 27.7 Å². The number of morpholine rings is 1. The van der Waals surface area contributed by atoms with Crippen LogP contribution in [0.3, 0.4) is 0 Å². The molecule has 4 aromatic heterocycles. The average Bonchev–Trinajstić information content (AvgIpc) is 3.85. The Morgan fingerprint density at radius 2 is 1.37 bits per heavy atom. The molecule has 0 unspecified atom stereocenters. The Hall–Kier alpha value is -5.87. The van der Waals surface area contributed by atoms with E-state index in [0.29, 0.717) is 91.8 Å². The molecule has 0 spiro atoms. The van der Waals surface area contributed by atoms with Crippen LogP contribution in [0.15, 0.2) is 45.2 Å². The Balaban J connectivity index is 1.17. The van der Waals surface area contributed by atoms with Crippen molar-refractivity contribution in [2.24, 2.45) is 5.73 Å². The van der Waals surface area contributed by atoms with Gasteiger partial charge >= 0.3 is 0 Å². The van der Waals surface area contributed by atoms with E-state index in [2.05, 4.69) is 36.6 Å². The second kappa shape index (κ2) is 14.4. The van der Waals surface area contributed by atoms with E-state index in [-0.39, 0.29) is 11.5 Å². The number of hydrogen-bond donors (Lipinski definition) is 3. The molecule has 0 atom stereocenters. The number of hydrogen-bond acceptors (Lipinski definition) is 11. The van der Waals surface area contributed by atoms with Gasteiger partial charge in [0.25, 0.3) is 11.8 Å². The van der Waals surface area contributed by atoms with Gasteiger partial charge < -0.3 is 28.4 Å². The van der Waals surface area contributed by atoms with Crippen LogP contribution < -0.4 is 16.4 Å². The number of unbranched alkanes of at least 4 members (excludes halogenated alkanes) is 1. The van der Waals surface area contributed by atoms with Crippen LogP contribution in [0.2, 0.25) is 0 Å². The molecule has 1 aliphatic rings. The maximum Gasteiger partial charge on any atom is 0.295 e. The summed E-state index contributed by atoms with van der Waals surface area (Å²) in [5.41, 5.74) is 10.8. The summed E-state index contributed by atoms with van der Waals surface area (Å²) >= 11 is 0. The predicted octanol–water partition coefficient (Wildman–Crippen LogP) is 4.51. The maximum absolute atomic E-state index is 13.4. The Morgan fingerprint density at radius 3 is 1.96 bits per heavy atom. The number of nitrogens with zero attached hydrogens (tertiary/aromatic N) is 7. The summed E-state index contributed by atoms with van der Waals surface area (Å²) in [6, 6.07) is 11.0. The van der Waals surface area contributed by atoms with E-state index < -0.39 is 17.7 Å². The number of anilines is 2. The van der Waals surface area contributed by atoms with Crippen LogP contribution in [0.1, 0.15) is 73.0 Å². The Kier molecular flexibility index (Phi) is 9.57. The van der Waals surface area contributed by atoms with Crippen LogP contribution in [-0.2, 0) is 24.4 Å². The van der Waals surface area contributed by atoms with Gasteiger partial charge in [0, 0.05) is 52.1 Å². The molecule has 0 radical (unpaired) electrons. The first-order valence-electron chi connectivity index (χ1n) is 17.1. The molecule has 6 aromatic rings. The highest BCUT2D eigenvalue weighted by Crippen LogP contribution is 2.28. The summed E-state index contributed by atoms with van der Waals surface area (Å²) in [7, 11) is 0. The number of oxazole rings is 2. The highest BCUT2D eigenvalue weighted by molar-refractivity contribution is 6.04. The van der Waals surface area contributed by atoms with Crippen LogP contribution in [0.5, 0.6) is 0 Å². The van der Waals surface area contributed by atoms with Crippen molar-refractivity contribution in [3.05, 3.63) is 82.2 Å². The first kappa shape index (κ1) is 34.6. The van der Waals surface area contributed by atoms with Crippen molar-refractivity contribution in [2.45, 2.75) is 60.2 Å². The number of aryl methyl sites for hydroxylation is 6. The fourth-order valence-electron chi connectivity index (χ4n) is 6.65. The van der Waals surface area contributed by atoms with E-state index in [0.717, 1.165) is 35.2 Å². The number of imidazole rings is 2. The summed E-state index contributed by atoms with van der Waals surface area (Å²) in [5.74, 6) is 0.226. The Labute approximate surface area is 298 Å². The largest absolute Gasteiger partial charge is 0.436 e. The van der Waals surface area contributed by atoms with Gasteiger partial charge in [-0.2, -0.15) is 0 Å². The van der Waals surface area contributed by atoms with Gasteiger partial charge in [-0.05, 0) is 56.5 Å². The monoisotopic (exact) mass is 708 g/mol. The molecule has 4 N–H and O–H groups in total. The van der Waals surface area contributed by atoms with E-state index in [4.69, 9.17) is 24.3 Å². The lowest BCUT2D eigenvalue weighted by atomic mass is 10.1. The van der Waals surface area contributed by atoms with Crippen molar-refractivity contribution < 1.29 is 28.0 Å². The summed E-state index contributed by atoms with van der Waals surface area (Å²) in [4.78, 5) is 58.9. The van der Waals surface area contributed by atoms with E-state index in [1.807, 2.05) is 21.3 Å². The Morgan fingerprint density at radius 1 is 0.769 bits per heavy atom. The lowest BCUT2D eigenvalue weighted by Gasteiger charge is -2.27. The van der Waals surface area contributed by atoms with Gasteiger partial charge in [0.1, 0.15) is 0 Å². The quantitative estimate of drug-likeness (QED) is 0.151. The average molecular weight is 709 g/mol. The molecule has 7 rings (SSSR count). The summed E-state index contributed by atoms with van der Waals surface area (Å²) in [6.45, 7) is 11.5. The smallest absolute Gasteiger partial charge is 0.295 e. The maximum atomic E-state index is 13.4. The third kappa shape index (κ3) is 7.02. The number of nitrogens with one attached hydrogen (secondary N) is 2. The number of nitrogens with two attached hydrogens (primary N) is 1. The van der Waals surface area contributed by atoms with Crippen LogP contribution in [0.25, 0.3) is 22.1 Å². The van der Waals surface area contributed by atoms with Gasteiger partial charge in [-0.25, -0.2) is 19.9 Å². The number of amides is 3. The first-order chi connectivity index (χ1) is 25.0. The lowest BCUT2D eigenvalue weighted by molar-refractivity contribution is 0.0343. The van der Waals surface area contributed by atoms with E-state index >= 15 is 0 Å². The zero-order valence-electron chi connectivity index (χ0n) is 29.5. The molecule has 16 heteroatoms. The van der Waals surface area contributed by atoms with Gasteiger partial charge in [-0.1, -0.05) is 12.1 Å². The molecule has 1 aliphatic heterocycles. The number of primary amides is 1. The second-order valence-electron chi connectivity index (χ2n) is 12.8. The number of ether oxygens (including phenoxy) is 1. The van der Waals surface area contributed by atoms with Gasteiger partial charge in [0.15, 0.2) is 11.8 Å². The SMILES string of the molecule is Cc1nc(C)c(C(=O)Nc2nc3cc(C(N)=O)ccc3n2CCCCn2c(NC(=O)c3oc(C)nc3C)nc3cccc(CN4CCOCC4)c32)o1. The minimum Gasteiger partial charge on any atom is -0.436 e. The molecular formula is C36H40N10O6. The fraction of sp³-hybridized carbons (Fsp3) is 0.361. The Bertz CT molecular complexity index is 2310. The molecule has 3 amide bonds. The normalized spacial score (nSPS) is 13.6. The van der Waals surface area contributed by atoms with E-state index in [1.54, 1.807) is 45.9 Å². The summed E-state index contributed by atoms with van der Waals surface area (Å²) in [5, 5.41) is 5.85. The number of rotatable bonds is 12. The predicted molar refractivity (Wildman–Crippen MR) is 191 cm³/mol. The topological polar surface area (TPSA) is 201 Å². The van der Waals surface area contributed by atoms with Gasteiger partial charge in [0.2, 0.25) is 29.3 Å². The number of carbonyl (C=O) groups excluding carboxylic acids is 3. The molecule has 0 saturated carbocycles. The van der Waals surface area contributed by atoms with Crippen LogP contribution in [0.4, 0.5) is 11.9 Å². The lowest BCUT2D eigenvalue weighted by Crippen LogP contribution is -2.35. The molecule has 0 bridgehead atoms. The van der Waals surface area contributed by atoms with Crippen molar-refractivity contribution >= 4 is 51.7 Å². The molecule has 0 aliphatic carbocycles. The van der Waals surface area contributed by atoms with Crippen molar-refractivity contribution in [3.8, 4) is 0 Å². The number of aromatic nitrogens is 6. The molecule has 52 heavy (non-hydrogen) atoms. The minimum absolute atomic E-state index is 0.0964. The van der Waals surface area contributed by atoms with Crippen molar-refractivity contribution in [1.29, 1.82) is 0 Å². The first-order valence-corrected chi connectivity index (χ1v) is 17.1. The van der Waals surface area contributed by atoms with Crippen LogP contribution >= 0.6 is 0 Å². The third-order valence-corrected chi connectivity index (χ3v) is 9.06. The second-order valence-corrected chi connectivity index (χ2v) is 12.8. The van der Waals surface area contributed by atoms with Crippen molar-refractivity contribution in [3.63, 3.8) is 0 Å². The summed E-state index contributed by atoms with van der Waals surface area (Å²) in [6.07, 6.45) is 1.33. The number of fused-ring (bicyclic) bond motifs is 2. The molecular weight excluding hydrogens is 668 g/mol. The molecule has 1 fully saturated rings. The highest BCUT2D eigenvalue weighted by atomic mass is 16.5. The standard InChI is InChI=1S/C36H40N10O6/c1-20-30(51-22(3)38-20)33(48)42-35-41-27-18-24(32(37)47)10-11-28(27)45(35)12-5-6-13-46-29-25(19-44-14-16-50-17-15-44)8-7-9-26(29)40-36(46)43-34(49)31-21(2)39-23(4)52-31/h7-11,18H,5-6,12-17,19H2,1-4H3,(H2,37,47)(H,40,43,49)(H,41,42,48). The van der Waals surface area contributed by atoms with Crippen molar-refractivity contribution in [1.82, 2.24) is 34.0 Å². The van der Waals surface area contributed by atoms with Gasteiger partial charge in [0.05, 0.1) is 46.7 Å². The molecule has 2 aromatic carbocycles.